The molecule has 0 amide bonds. The van der Waals surface area contributed by atoms with Crippen molar-refractivity contribution < 1.29 is 18.3 Å². The van der Waals surface area contributed by atoms with Crippen molar-refractivity contribution in [1.29, 1.82) is 0 Å². The molecule has 1 heterocycles. The minimum Gasteiger partial charge on any atom is -0.477 e. The van der Waals surface area contributed by atoms with E-state index in [1.54, 1.807) is 0 Å². The fourth-order valence-corrected chi connectivity index (χ4v) is 3.67. The van der Waals surface area contributed by atoms with Gasteiger partial charge in [-0.3, -0.25) is 0 Å². The third-order valence-electron chi connectivity index (χ3n) is 3.88. The number of carboxylic acid groups (broad SMARTS) is 1. The molecule has 2 N–H and O–H groups in total. The van der Waals surface area contributed by atoms with Gasteiger partial charge in [0.2, 0.25) is 10.0 Å². The van der Waals surface area contributed by atoms with Gasteiger partial charge in [-0.25, -0.2) is 17.9 Å². The predicted octanol–water partition coefficient (Wildman–Crippen LogP) is 1.58. The Labute approximate surface area is 118 Å². The molecule has 0 bridgehead atoms. The highest BCUT2D eigenvalue weighted by Crippen LogP contribution is 2.49. The molecule has 0 aliphatic heterocycles. The number of nitrogens with zero attached hydrogens (tertiary/aromatic N) is 1. The summed E-state index contributed by atoms with van der Waals surface area (Å²) in [5, 5.41) is 8.95. The van der Waals surface area contributed by atoms with Gasteiger partial charge in [0.15, 0.2) is 0 Å². The Balaban J connectivity index is 2.11. The number of carbonyl (C=O) groups is 1. The Morgan fingerprint density at radius 1 is 1.50 bits per heavy atom. The summed E-state index contributed by atoms with van der Waals surface area (Å²) in [5.41, 5.74) is 0.0757. The third kappa shape index (κ3) is 3.04. The highest BCUT2D eigenvalue weighted by molar-refractivity contribution is 7.89. The molecule has 112 valence electrons. The van der Waals surface area contributed by atoms with Gasteiger partial charge in [0.05, 0.1) is 0 Å². The van der Waals surface area contributed by atoms with Gasteiger partial charge in [-0.15, -0.1) is 0 Å². The van der Waals surface area contributed by atoms with Crippen LogP contribution in [0.2, 0.25) is 0 Å². The van der Waals surface area contributed by atoms with Crippen LogP contribution >= 0.6 is 0 Å². The smallest absolute Gasteiger partial charge is 0.352 e. The van der Waals surface area contributed by atoms with E-state index in [1.807, 2.05) is 0 Å². The number of carboxylic acids is 1. The summed E-state index contributed by atoms with van der Waals surface area (Å²) >= 11 is 0. The second-order valence-electron chi connectivity index (χ2n) is 5.55. The molecule has 0 radical (unpaired) electrons. The second kappa shape index (κ2) is 5.21. The first kappa shape index (κ1) is 15.1. The van der Waals surface area contributed by atoms with Crippen LogP contribution in [0.15, 0.2) is 17.2 Å². The highest BCUT2D eigenvalue weighted by Gasteiger charge is 2.42. The van der Waals surface area contributed by atoms with E-state index < -0.39 is 16.0 Å². The van der Waals surface area contributed by atoms with Gasteiger partial charge in [-0.1, -0.05) is 13.3 Å². The minimum atomic E-state index is -3.64. The van der Waals surface area contributed by atoms with Gasteiger partial charge < -0.3 is 9.67 Å². The van der Waals surface area contributed by atoms with Crippen molar-refractivity contribution in [1.82, 2.24) is 9.29 Å². The molecule has 0 atom stereocenters. The Kier molecular flexibility index (Phi) is 3.93. The molecule has 1 aromatic heterocycles. The number of hydrogen-bond acceptors (Lipinski definition) is 3. The molecular formula is C13H20N2O4S. The zero-order valence-corrected chi connectivity index (χ0v) is 12.5. The summed E-state index contributed by atoms with van der Waals surface area (Å²) in [7, 11) is -2.13. The Morgan fingerprint density at radius 3 is 2.60 bits per heavy atom. The lowest BCUT2D eigenvalue weighted by Gasteiger charge is -2.14. The molecular weight excluding hydrogens is 280 g/mol. The van der Waals surface area contributed by atoms with Gasteiger partial charge in [0, 0.05) is 19.8 Å². The van der Waals surface area contributed by atoms with Gasteiger partial charge >= 0.3 is 5.97 Å². The van der Waals surface area contributed by atoms with Gasteiger partial charge in [-0.2, -0.15) is 0 Å². The van der Waals surface area contributed by atoms with Crippen molar-refractivity contribution >= 4 is 16.0 Å². The standard InChI is InChI=1S/C13H20N2O4S/c1-3-4-13(5-6-13)9-14-20(18,19)10-7-11(12(16)17)15(2)8-10/h7-8,14H,3-6,9H2,1-2H3,(H,16,17). The topological polar surface area (TPSA) is 88.4 Å². The SMILES string of the molecule is CCCC1(CNS(=O)(=O)c2cc(C(=O)O)n(C)c2)CC1. The number of aromatic nitrogens is 1. The number of hydrogen-bond donors (Lipinski definition) is 2. The molecule has 1 saturated carbocycles. The van der Waals surface area contributed by atoms with Crippen molar-refractivity contribution in [2.24, 2.45) is 12.5 Å². The number of rotatable bonds is 7. The summed E-state index contributed by atoms with van der Waals surface area (Å²) in [4.78, 5) is 10.9. The number of aromatic carboxylic acids is 1. The highest BCUT2D eigenvalue weighted by atomic mass is 32.2. The summed E-state index contributed by atoms with van der Waals surface area (Å²) in [6, 6.07) is 1.18. The molecule has 1 aliphatic rings. The van der Waals surface area contributed by atoms with Crippen molar-refractivity contribution in [3.05, 3.63) is 18.0 Å². The minimum absolute atomic E-state index is 0.00435. The van der Waals surface area contributed by atoms with E-state index in [0.717, 1.165) is 25.7 Å². The molecule has 20 heavy (non-hydrogen) atoms. The van der Waals surface area contributed by atoms with Crippen LogP contribution in [0.25, 0.3) is 0 Å². The lowest BCUT2D eigenvalue weighted by molar-refractivity contribution is 0.0686. The molecule has 1 aliphatic carbocycles. The van der Waals surface area contributed by atoms with E-state index in [9.17, 15) is 13.2 Å². The normalized spacial score (nSPS) is 17.1. The maximum atomic E-state index is 12.2. The lowest BCUT2D eigenvalue weighted by atomic mass is 10.0. The first-order valence-corrected chi connectivity index (χ1v) is 8.17. The largest absolute Gasteiger partial charge is 0.477 e. The van der Waals surface area contributed by atoms with Crippen molar-refractivity contribution in [3.8, 4) is 0 Å². The Morgan fingerprint density at radius 2 is 2.15 bits per heavy atom. The summed E-state index contributed by atoms with van der Waals surface area (Å²) in [6.45, 7) is 2.52. The Bertz CT molecular complexity index is 614. The zero-order valence-electron chi connectivity index (χ0n) is 11.7. The zero-order chi connectivity index (χ0) is 15.0. The average molecular weight is 300 g/mol. The molecule has 0 saturated heterocycles. The van der Waals surface area contributed by atoms with Crippen LogP contribution in [0.1, 0.15) is 43.1 Å². The van der Waals surface area contributed by atoms with Crippen molar-refractivity contribution in [2.45, 2.75) is 37.5 Å². The van der Waals surface area contributed by atoms with Gasteiger partial charge in [0.25, 0.3) is 0 Å². The summed E-state index contributed by atoms with van der Waals surface area (Å²) < 4.78 is 28.3. The quantitative estimate of drug-likeness (QED) is 0.800. The number of sulfonamides is 1. The van der Waals surface area contributed by atoms with E-state index in [2.05, 4.69) is 11.6 Å². The van der Waals surface area contributed by atoms with Gasteiger partial charge in [-0.05, 0) is 30.7 Å². The molecule has 2 rings (SSSR count). The Hall–Kier alpha value is -1.34. The molecule has 0 spiro atoms. The molecule has 7 heteroatoms. The lowest BCUT2D eigenvalue weighted by Crippen LogP contribution is -2.30. The first-order valence-electron chi connectivity index (χ1n) is 6.69. The number of nitrogens with one attached hydrogen (secondary N) is 1. The molecule has 1 fully saturated rings. The predicted molar refractivity (Wildman–Crippen MR) is 74.1 cm³/mol. The van der Waals surface area contributed by atoms with E-state index in [1.165, 1.54) is 23.9 Å². The van der Waals surface area contributed by atoms with E-state index in [-0.39, 0.29) is 16.0 Å². The van der Waals surface area contributed by atoms with Crippen LogP contribution in [-0.2, 0) is 17.1 Å². The van der Waals surface area contributed by atoms with Crippen LogP contribution in [0, 0.1) is 5.41 Å². The monoisotopic (exact) mass is 300 g/mol. The summed E-state index contributed by atoms with van der Waals surface area (Å²) in [5.74, 6) is -1.14. The van der Waals surface area contributed by atoms with E-state index in [0.29, 0.717) is 6.54 Å². The number of aryl methyl sites for hydroxylation is 1. The summed E-state index contributed by atoms with van der Waals surface area (Å²) in [6.07, 6.45) is 5.49. The molecule has 1 aromatic rings. The first-order chi connectivity index (χ1) is 9.30. The maximum absolute atomic E-state index is 12.2. The average Bonchev–Trinajstić information content (AvgIpc) is 3.00. The fraction of sp³-hybridized carbons (Fsp3) is 0.615. The van der Waals surface area contributed by atoms with Crippen LogP contribution < -0.4 is 4.72 Å². The van der Waals surface area contributed by atoms with Gasteiger partial charge in [0.1, 0.15) is 10.6 Å². The van der Waals surface area contributed by atoms with Crippen LogP contribution in [0.3, 0.4) is 0 Å². The van der Waals surface area contributed by atoms with E-state index >= 15 is 0 Å². The molecule has 0 unspecified atom stereocenters. The maximum Gasteiger partial charge on any atom is 0.352 e. The molecule has 0 aromatic carbocycles. The van der Waals surface area contributed by atoms with E-state index in [4.69, 9.17) is 5.11 Å². The van der Waals surface area contributed by atoms with Crippen LogP contribution in [0.5, 0.6) is 0 Å². The fourth-order valence-electron chi connectivity index (χ4n) is 2.45. The van der Waals surface area contributed by atoms with Crippen molar-refractivity contribution in [3.63, 3.8) is 0 Å². The van der Waals surface area contributed by atoms with Crippen LogP contribution in [0.4, 0.5) is 0 Å². The van der Waals surface area contributed by atoms with Crippen molar-refractivity contribution in [2.75, 3.05) is 6.54 Å². The molecule has 6 nitrogen and oxygen atoms in total. The second-order valence-corrected chi connectivity index (χ2v) is 7.32. The van der Waals surface area contributed by atoms with Crippen LogP contribution in [-0.4, -0.2) is 30.6 Å². The third-order valence-corrected chi connectivity index (χ3v) is 5.25.